The van der Waals surface area contributed by atoms with E-state index >= 15 is 0 Å². The molecule has 2 atom stereocenters. The molecule has 2 saturated heterocycles. The average molecular weight is 478 g/mol. The summed E-state index contributed by atoms with van der Waals surface area (Å²) in [7, 11) is 0. The molecule has 2 aromatic rings. The van der Waals surface area contributed by atoms with E-state index < -0.39 is 18.0 Å². The number of amides is 2. The molecule has 9 heteroatoms. The second kappa shape index (κ2) is 9.59. The molecule has 3 aliphatic heterocycles. The van der Waals surface area contributed by atoms with Gasteiger partial charge < -0.3 is 9.84 Å². The largest absolute Gasteiger partial charge is 0.480 e. The number of benzene rings is 2. The van der Waals surface area contributed by atoms with E-state index in [0.717, 1.165) is 29.7 Å². The van der Waals surface area contributed by atoms with Crippen molar-refractivity contribution in [1.29, 1.82) is 0 Å². The monoisotopic (exact) mass is 477 g/mol. The zero-order chi connectivity index (χ0) is 24.5. The first kappa shape index (κ1) is 23.2. The lowest BCUT2D eigenvalue weighted by atomic mass is 10.0. The number of fused-ring (bicyclic) bond motifs is 1. The molecular formula is C26H27N3O6. The Morgan fingerprint density at radius 3 is 2.60 bits per heavy atom. The van der Waals surface area contributed by atoms with Crippen LogP contribution in [0.15, 0.2) is 42.5 Å². The molecule has 2 fully saturated rings. The second-order valence-electron chi connectivity index (χ2n) is 9.32. The fraction of sp³-hybridized carbons (Fsp3) is 0.385. The van der Waals surface area contributed by atoms with E-state index in [-0.39, 0.29) is 17.9 Å². The number of esters is 1. The van der Waals surface area contributed by atoms with Crippen LogP contribution in [0.3, 0.4) is 0 Å². The smallest absolute Gasteiger partial charge is 0.343 e. The highest BCUT2D eigenvalue weighted by atomic mass is 16.5. The van der Waals surface area contributed by atoms with E-state index in [0.29, 0.717) is 50.2 Å². The van der Waals surface area contributed by atoms with Crippen molar-refractivity contribution in [2.45, 2.75) is 57.4 Å². The quantitative estimate of drug-likeness (QED) is 0.369. The van der Waals surface area contributed by atoms with Gasteiger partial charge in [0, 0.05) is 31.6 Å². The van der Waals surface area contributed by atoms with Gasteiger partial charge in [0.2, 0.25) is 11.8 Å². The number of nitrogens with zero attached hydrogens (tertiary/aromatic N) is 2. The van der Waals surface area contributed by atoms with Crippen molar-refractivity contribution in [3.8, 4) is 5.75 Å². The molecule has 3 heterocycles. The van der Waals surface area contributed by atoms with Gasteiger partial charge in [0.05, 0.1) is 11.6 Å². The Morgan fingerprint density at radius 2 is 1.86 bits per heavy atom. The summed E-state index contributed by atoms with van der Waals surface area (Å²) in [5.41, 5.74) is 3.21. The highest BCUT2D eigenvalue weighted by Gasteiger charge is 2.36. The minimum Gasteiger partial charge on any atom is -0.480 e. The summed E-state index contributed by atoms with van der Waals surface area (Å²) in [6, 6.07) is 11.7. The van der Waals surface area contributed by atoms with Crippen LogP contribution in [0.2, 0.25) is 0 Å². The van der Waals surface area contributed by atoms with Crippen LogP contribution < -0.4 is 10.1 Å². The van der Waals surface area contributed by atoms with Gasteiger partial charge in [0.15, 0.2) is 0 Å². The summed E-state index contributed by atoms with van der Waals surface area (Å²) < 4.78 is 5.74. The van der Waals surface area contributed by atoms with Gasteiger partial charge in [0.25, 0.3) is 0 Å². The van der Waals surface area contributed by atoms with E-state index in [4.69, 9.17) is 4.74 Å². The molecule has 0 aliphatic carbocycles. The molecular weight excluding hydrogens is 450 g/mol. The third-order valence-electron chi connectivity index (χ3n) is 7.04. The molecule has 0 saturated carbocycles. The molecule has 182 valence electrons. The van der Waals surface area contributed by atoms with E-state index in [1.165, 1.54) is 0 Å². The lowest BCUT2D eigenvalue weighted by Gasteiger charge is -2.29. The highest BCUT2D eigenvalue weighted by Crippen LogP contribution is 2.34. The van der Waals surface area contributed by atoms with Gasteiger partial charge >= 0.3 is 11.9 Å². The number of piperidine rings is 1. The first-order valence-electron chi connectivity index (χ1n) is 11.9. The van der Waals surface area contributed by atoms with Gasteiger partial charge in [0.1, 0.15) is 11.8 Å². The van der Waals surface area contributed by atoms with Crippen molar-refractivity contribution in [3.63, 3.8) is 0 Å². The molecule has 2 amide bonds. The predicted octanol–water partition coefficient (Wildman–Crippen LogP) is 2.08. The minimum atomic E-state index is -0.797. The highest BCUT2D eigenvalue weighted by molar-refractivity contribution is 6.00. The van der Waals surface area contributed by atoms with E-state index in [1.54, 1.807) is 18.2 Å². The lowest BCUT2D eigenvalue weighted by molar-refractivity contribution is -0.142. The number of carboxylic acid groups (broad SMARTS) is 1. The SMILES string of the molecule is O=C1CCC(N2Cc3cccc(OC(=O)c4ccc(CN5CCCC5C(=O)O)cc4)c3C2)C(=O)N1. The first-order valence-corrected chi connectivity index (χ1v) is 11.9. The van der Waals surface area contributed by atoms with Crippen LogP contribution in [0.25, 0.3) is 0 Å². The van der Waals surface area contributed by atoms with Crippen LogP contribution in [-0.4, -0.2) is 57.3 Å². The number of carbonyl (C=O) groups is 4. The lowest BCUT2D eigenvalue weighted by Crippen LogP contribution is -2.50. The van der Waals surface area contributed by atoms with Gasteiger partial charge in [-0.05, 0) is 55.1 Å². The zero-order valence-corrected chi connectivity index (χ0v) is 19.2. The topological polar surface area (TPSA) is 116 Å². The number of aliphatic carboxylic acids is 1. The fourth-order valence-electron chi connectivity index (χ4n) is 5.20. The van der Waals surface area contributed by atoms with Gasteiger partial charge in [-0.1, -0.05) is 24.3 Å². The Labute approximate surface area is 202 Å². The number of carbonyl (C=O) groups excluding carboxylic acids is 3. The van der Waals surface area contributed by atoms with E-state index in [9.17, 15) is 24.3 Å². The van der Waals surface area contributed by atoms with Crippen molar-refractivity contribution in [2.75, 3.05) is 6.54 Å². The molecule has 2 N–H and O–H groups in total. The van der Waals surface area contributed by atoms with Crippen molar-refractivity contribution in [2.24, 2.45) is 0 Å². The predicted molar refractivity (Wildman–Crippen MR) is 124 cm³/mol. The fourth-order valence-corrected chi connectivity index (χ4v) is 5.20. The van der Waals surface area contributed by atoms with Crippen molar-refractivity contribution < 1.29 is 29.0 Å². The molecule has 9 nitrogen and oxygen atoms in total. The van der Waals surface area contributed by atoms with Gasteiger partial charge in [-0.15, -0.1) is 0 Å². The summed E-state index contributed by atoms with van der Waals surface area (Å²) in [6.45, 7) is 2.28. The van der Waals surface area contributed by atoms with Crippen LogP contribution >= 0.6 is 0 Å². The number of ether oxygens (including phenoxy) is 1. The summed E-state index contributed by atoms with van der Waals surface area (Å²) >= 11 is 0. The van der Waals surface area contributed by atoms with Crippen molar-refractivity contribution in [3.05, 3.63) is 64.7 Å². The van der Waals surface area contributed by atoms with Crippen LogP contribution in [0, 0.1) is 0 Å². The van der Waals surface area contributed by atoms with E-state index in [2.05, 4.69) is 5.32 Å². The van der Waals surface area contributed by atoms with Crippen molar-refractivity contribution in [1.82, 2.24) is 15.1 Å². The number of likely N-dealkylation sites (tertiary alicyclic amines) is 1. The molecule has 35 heavy (non-hydrogen) atoms. The molecule has 0 radical (unpaired) electrons. The Balaban J connectivity index is 1.24. The molecule has 5 rings (SSSR count). The van der Waals surface area contributed by atoms with Crippen LogP contribution in [-0.2, 0) is 34.0 Å². The van der Waals surface area contributed by atoms with E-state index in [1.807, 2.05) is 34.1 Å². The molecule has 0 spiro atoms. The maximum Gasteiger partial charge on any atom is 0.343 e. The average Bonchev–Trinajstić information content (AvgIpc) is 3.47. The summed E-state index contributed by atoms with van der Waals surface area (Å²) in [6.07, 6.45) is 2.31. The summed E-state index contributed by atoms with van der Waals surface area (Å²) in [4.78, 5) is 52.0. The molecule has 3 aliphatic rings. The number of carboxylic acids is 1. The number of hydrogen-bond acceptors (Lipinski definition) is 7. The Bertz CT molecular complexity index is 1180. The minimum absolute atomic E-state index is 0.245. The second-order valence-corrected chi connectivity index (χ2v) is 9.32. The first-order chi connectivity index (χ1) is 16.9. The standard InChI is InChI=1S/C26H27N3O6/c30-23-11-10-20(24(31)27-23)29-14-18-3-1-5-22(19(18)15-29)35-26(34)17-8-6-16(7-9-17)13-28-12-2-4-21(28)25(32)33/h1,3,5-9,20-21H,2,4,10-15H2,(H,32,33)(H,27,30,31). The molecule has 0 aromatic heterocycles. The summed E-state index contributed by atoms with van der Waals surface area (Å²) in [5.74, 6) is -1.34. The van der Waals surface area contributed by atoms with Gasteiger partial charge in [-0.3, -0.25) is 29.5 Å². The Morgan fingerprint density at radius 1 is 1.06 bits per heavy atom. The number of nitrogens with one attached hydrogen (secondary N) is 1. The Hall–Kier alpha value is -3.56. The zero-order valence-electron chi connectivity index (χ0n) is 19.2. The van der Waals surface area contributed by atoms with Crippen LogP contribution in [0.4, 0.5) is 0 Å². The summed E-state index contributed by atoms with van der Waals surface area (Å²) in [5, 5.41) is 11.8. The van der Waals surface area contributed by atoms with Crippen LogP contribution in [0.5, 0.6) is 5.75 Å². The van der Waals surface area contributed by atoms with Gasteiger partial charge in [-0.2, -0.15) is 0 Å². The molecule has 2 aromatic carbocycles. The number of imide groups is 1. The number of rotatable bonds is 6. The van der Waals surface area contributed by atoms with Crippen LogP contribution in [0.1, 0.15) is 52.7 Å². The normalized spacial score (nSPS) is 22.6. The Kier molecular flexibility index (Phi) is 6.36. The maximum absolute atomic E-state index is 12.9. The molecule has 2 unspecified atom stereocenters. The maximum atomic E-state index is 12.9. The van der Waals surface area contributed by atoms with Crippen molar-refractivity contribution >= 4 is 23.8 Å². The molecule has 0 bridgehead atoms. The number of hydrogen-bond donors (Lipinski definition) is 2. The third-order valence-corrected chi connectivity index (χ3v) is 7.04. The van der Waals surface area contributed by atoms with Gasteiger partial charge in [-0.25, -0.2) is 4.79 Å². The third kappa shape index (κ3) is 4.82.